The number of carbonyl (C=O) groups excluding carboxylic acids is 1. The highest BCUT2D eigenvalue weighted by atomic mass is 16.3. The molecule has 2 radical (unpaired) electrons. The average molecular weight is 183 g/mol. The molecule has 2 atom stereocenters. The molecule has 4 heteroatoms. The maximum Gasteiger partial charge on any atom is 0.148 e. The number of carbonyl (C=O) groups is 1. The summed E-state index contributed by atoms with van der Waals surface area (Å²) in [6, 6.07) is 0. The number of hydrogen-bond acceptors (Lipinski definition) is 3. The van der Waals surface area contributed by atoms with E-state index in [4.69, 9.17) is 18.7 Å². The highest BCUT2D eigenvalue weighted by molar-refractivity contribution is 6.29. The van der Waals surface area contributed by atoms with Crippen LogP contribution in [0.15, 0.2) is 0 Å². The average Bonchev–Trinajstić information content (AvgIpc) is 2.12. The first-order valence-corrected chi connectivity index (χ1v) is 4.68. The summed E-state index contributed by atoms with van der Waals surface area (Å²) in [6.07, 6.45) is 2.80. The van der Waals surface area contributed by atoms with Gasteiger partial charge in [0.05, 0.1) is 12.0 Å². The lowest BCUT2D eigenvalue weighted by Crippen LogP contribution is -2.54. The van der Waals surface area contributed by atoms with Crippen molar-refractivity contribution < 1.29 is 9.90 Å². The number of aliphatic hydroxyl groups excluding tert-OH is 1. The van der Waals surface area contributed by atoms with Crippen LogP contribution in [-0.4, -0.2) is 30.8 Å². The van der Waals surface area contributed by atoms with Crippen molar-refractivity contribution in [1.82, 2.24) is 0 Å². The van der Waals surface area contributed by atoms with Gasteiger partial charge in [0.2, 0.25) is 0 Å². The molecule has 0 spiro atoms. The summed E-state index contributed by atoms with van der Waals surface area (Å²) in [4.78, 5) is 11.5. The van der Waals surface area contributed by atoms with Crippen molar-refractivity contribution in [3.63, 3.8) is 0 Å². The zero-order chi connectivity index (χ0) is 10.5. The van der Waals surface area contributed by atoms with Gasteiger partial charge in [-0.3, -0.25) is 4.79 Å². The first-order chi connectivity index (χ1) is 5.95. The molecule has 1 unspecified atom stereocenters. The van der Waals surface area contributed by atoms with Crippen LogP contribution >= 0.6 is 0 Å². The summed E-state index contributed by atoms with van der Waals surface area (Å²) in [6.45, 7) is 3.35. The molecular weight excluding hydrogens is 165 g/mol. The molecule has 0 saturated carbocycles. The van der Waals surface area contributed by atoms with Gasteiger partial charge >= 0.3 is 0 Å². The number of rotatable bonds is 6. The van der Waals surface area contributed by atoms with Crippen molar-refractivity contribution in [2.24, 2.45) is 11.7 Å². The Hall–Kier alpha value is -0.345. The van der Waals surface area contributed by atoms with Crippen LogP contribution in [-0.2, 0) is 4.79 Å². The molecule has 0 aliphatic carbocycles. The summed E-state index contributed by atoms with van der Waals surface area (Å²) < 4.78 is 0. The van der Waals surface area contributed by atoms with E-state index in [9.17, 15) is 4.79 Å². The Morgan fingerprint density at radius 2 is 2.23 bits per heavy atom. The Morgan fingerprint density at radius 1 is 1.69 bits per heavy atom. The van der Waals surface area contributed by atoms with Crippen molar-refractivity contribution in [2.45, 2.75) is 38.5 Å². The van der Waals surface area contributed by atoms with Crippen LogP contribution in [0.3, 0.4) is 0 Å². The Bertz CT molecular complexity index is 171. The fourth-order valence-electron chi connectivity index (χ4n) is 1.18. The lowest BCUT2D eigenvalue weighted by Gasteiger charge is -2.24. The third-order valence-corrected chi connectivity index (χ3v) is 2.16. The molecule has 0 aromatic rings. The van der Waals surface area contributed by atoms with E-state index in [0.29, 0.717) is 0 Å². The number of hydrogen-bond donors (Lipinski definition) is 2. The molecule has 0 aliphatic heterocycles. The quantitative estimate of drug-likeness (QED) is 0.578. The molecule has 0 fully saturated rings. The molecule has 3 nitrogen and oxygen atoms in total. The summed E-state index contributed by atoms with van der Waals surface area (Å²) >= 11 is 0. The lowest BCUT2D eigenvalue weighted by atomic mass is 9.71. The van der Waals surface area contributed by atoms with Crippen molar-refractivity contribution in [3.8, 4) is 0 Å². The number of aliphatic hydroxyl groups is 1. The lowest BCUT2D eigenvalue weighted by molar-refractivity contribution is -0.126. The highest BCUT2D eigenvalue weighted by Crippen LogP contribution is 2.13. The van der Waals surface area contributed by atoms with Gasteiger partial charge in [-0.15, -0.1) is 0 Å². The Morgan fingerprint density at radius 3 is 2.62 bits per heavy atom. The van der Waals surface area contributed by atoms with Crippen LogP contribution < -0.4 is 5.73 Å². The second-order valence-corrected chi connectivity index (χ2v) is 3.61. The SMILES string of the molecule is [B][C@@](N)(CO)C(=O)C(C)CCCC. The van der Waals surface area contributed by atoms with Gasteiger partial charge < -0.3 is 10.8 Å². The Labute approximate surface area is 81.1 Å². The maximum absolute atomic E-state index is 11.5. The summed E-state index contributed by atoms with van der Waals surface area (Å²) in [5.41, 5.74) is 3.85. The van der Waals surface area contributed by atoms with Crippen molar-refractivity contribution in [3.05, 3.63) is 0 Å². The molecule has 0 bridgehead atoms. The van der Waals surface area contributed by atoms with Crippen LogP contribution in [0.1, 0.15) is 33.1 Å². The van der Waals surface area contributed by atoms with Crippen LogP contribution in [0.4, 0.5) is 0 Å². The van der Waals surface area contributed by atoms with Gasteiger partial charge in [-0.25, -0.2) is 0 Å². The minimum absolute atomic E-state index is 0.165. The fourth-order valence-corrected chi connectivity index (χ4v) is 1.18. The third kappa shape index (κ3) is 3.92. The molecule has 0 amide bonds. The number of nitrogens with two attached hydrogens (primary N) is 1. The molecule has 0 aliphatic rings. The Kier molecular flexibility index (Phi) is 5.26. The van der Waals surface area contributed by atoms with E-state index in [1.165, 1.54) is 0 Å². The van der Waals surface area contributed by atoms with E-state index in [1.807, 2.05) is 0 Å². The predicted octanol–water partition coefficient (Wildman–Crippen LogP) is 0.198. The van der Waals surface area contributed by atoms with E-state index in [-0.39, 0.29) is 11.7 Å². The molecule has 0 aromatic carbocycles. The van der Waals surface area contributed by atoms with Crippen LogP contribution in [0.25, 0.3) is 0 Å². The Balaban J connectivity index is 4.09. The minimum atomic E-state index is -1.56. The monoisotopic (exact) mass is 183 g/mol. The largest absolute Gasteiger partial charge is 0.395 e. The predicted molar refractivity (Wildman–Crippen MR) is 53.5 cm³/mol. The van der Waals surface area contributed by atoms with Crippen molar-refractivity contribution in [2.75, 3.05) is 6.61 Å². The standard InChI is InChI=1S/C9H18BNO2/c1-3-4-5-7(2)8(13)9(10,11)6-12/h7,12H,3-6,11H2,1-2H3/t7?,9-/m1/s1. The van der Waals surface area contributed by atoms with Crippen molar-refractivity contribution in [1.29, 1.82) is 0 Å². The summed E-state index contributed by atoms with van der Waals surface area (Å²) in [5.74, 6) is -0.425. The number of Topliss-reactive ketones (excluding diaryl/α,β-unsaturated/α-hetero) is 1. The fraction of sp³-hybridized carbons (Fsp3) is 0.889. The number of unbranched alkanes of at least 4 members (excludes halogenated alkanes) is 1. The molecule has 3 N–H and O–H groups in total. The molecular formula is C9H18BNO2. The molecule has 13 heavy (non-hydrogen) atoms. The minimum Gasteiger partial charge on any atom is -0.395 e. The second-order valence-electron chi connectivity index (χ2n) is 3.61. The van der Waals surface area contributed by atoms with E-state index < -0.39 is 12.0 Å². The van der Waals surface area contributed by atoms with E-state index in [2.05, 4.69) is 6.92 Å². The molecule has 0 aromatic heterocycles. The first kappa shape index (κ1) is 12.7. The smallest absolute Gasteiger partial charge is 0.148 e. The van der Waals surface area contributed by atoms with Crippen molar-refractivity contribution >= 4 is 13.6 Å². The zero-order valence-corrected chi connectivity index (χ0v) is 8.42. The van der Waals surface area contributed by atoms with Crippen LogP contribution in [0.5, 0.6) is 0 Å². The second kappa shape index (κ2) is 5.40. The van der Waals surface area contributed by atoms with Gasteiger partial charge in [0.15, 0.2) is 0 Å². The first-order valence-electron chi connectivity index (χ1n) is 4.68. The maximum atomic E-state index is 11.5. The van der Waals surface area contributed by atoms with Crippen LogP contribution in [0, 0.1) is 5.92 Å². The topological polar surface area (TPSA) is 63.3 Å². The van der Waals surface area contributed by atoms with Gasteiger partial charge in [-0.05, 0) is 6.42 Å². The van der Waals surface area contributed by atoms with Gasteiger partial charge in [0, 0.05) is 5.92 Å². The van der Waals surface area contributed by atoms with Crippen LogP contribution in [0.2, 0.25) is 0 Å². The molecule has 0 heterocycles. The molecule has 0 saturated heterocycles. The highest BCUT2D eigenvalue weighted by Gasteiger charge is 2.30. The van der Waals surface area contributed by atoms with Gasteiger partial charge in [-0.2, -0.15) is 0 Å². The van der Waals surface area contributed by atoms with E-state index >= 15 is 0 Å². The van der Waals surface area contributed by atoms with Gasteiger partial charge in [-0.1, -0.05) is 26.7 Å². The molecule has 74 valence electrons. The third-order valence-electron chi connectivity index (χ3n) is 2.16. The summed E-state index contributed by atoms with van der Waals surface area (Å²) in [5, 5.41) is 8.77. The van der Waals surface area contributed by atoms with E-state index in [1.54, 1.807) is 6.92 Å². The van der Waals surface area contributed by atoms with Gasteiger partial charge in [0.1, 0.15) is 13.6 Å². The van der Waals surface area contributed by atoms with E-state index in [0.717, 1.165) is 19.3 Å². The molecule has 0 rings (SSSR count). The summed E-state index contributed by atoms with van der Waals surface area (Å²) in [7, 11) is 5.41. The zero-order valence-electron chi connectivity index (χ0n) is 8.42. The number of ketones is 1. The normalized spacial score (nSPS) is 17.8. The van der Waals surface area contributed by atoms with Gasteiger partial charge in [0.25, 0.3) is 0 Å².